The van der Waals surface area contributed by atoms with Crippen LogP contribution in [0.3, 0.4) is 0 Å². The van der Waals surface area contributed by atoms with E-state index in [-0.39, 0.29) is 0 Å². The fraction of sp³-hybridized carbons (Fsp3) is 0.440. The topological polar surface area (TPSA) is 75.0 Å². The quantitative estimate of drug-likeness (QED) is 0.505. The Hall–Kier alpha value is -3.26. The summed E-state index contributed by atoms with van der Waals surface area (Å²) in [4.78, 5) is 19.1. The van der Waals surface area contributed by atoms with Crippen LogP contribution in [0.5, 0.6) is 0 Å². The highest BCUT2D eigenvalue weighted by Gasteiger charge is 2.21. The molecule has 0 atom stereocenters. The molecule has 1 aliphatic carbocycles. The molecule has 1 saturated carbocycles. The maximum Gasteiger partial charge on any atom is 0.228 e. The predicted octanol–water partition coefficient (Wildman–Crippen LogP) is 4.29. The van der Waals surface area contributed by atoms with Crippen molar-refractivity contribution >= 4 is 39.3 Å². The van der Waals surface area contributed by atoms with Crippen LogP contribution in [0, 0.1) is 6.92 Å². The van der Waals surface area contributed by atoms with Crippen molar-refractivity contribution in [1.82, 2.24) is 29.6 Å². The summed E-state index contributed by atoms with van der Waals surface area (Å²) in [7, 11) is 2.17. The van der Waals surface area contributed by atoms with Gasteiger partial charge in [0.25, 0.3) is 0 Å². The molecule has 0 amide bonds. The third-order valence-electron chi connectivity index (χ3n) is 7.12. The van der Waals surface area contributed by atoms with Crippen LogP contribution >= 0.6 is 0 Å². The molecule has 8 heteroatoms. The van der Waals surface area contributed by atoms with Crippen molar-refractivity contribution in [3.05, 3.63) is 42.4 Å². The average Bonchev–Trinajstić information content (AvgIpc) is 3.50. The molecular weight excluding hydrogens is 412 g/mol. The summed E-state index contributed by atoms with van der Waals surface area (Å²) in [5.74, 6) is 1.33. The fourth-order valence-electron chi connectivity index (χ4n) is 5.23. The van der Waals surface area contributed by atoms with Gasteiger partial charge in [0.05, 0.1) is 29.1 Å². The first-order chi connectivity index (χ1) is 16.2. The standard InChI is InChI=1S/C25H30N8/c1-17-21(32-13-11-31(2)12-14-32)9-10-22(28-17)29-25-26-15-18-7-8-19-16-27-33(20-5-3-4-6-20)24(19)23(18)30-25/h7-10,15-16,20H,3-6,11-14H2,1-2H3,(H,26,28,29,30). The molecule has 170 valence electrons. The minimum Gasteiger partial charge on any atom is -0.368 e. The predicted molar refractivity (Wildman–Crippen MR) is 132 cm³/mol. The second-order valence-electron chi connectivity index (χ2n) is 9.38. The minimum absolute atomic E-state index is 0.464. The summed E-state index contributed by atoms with van der Waals surface area (Å²) >= 11 is 0. The first-order valence-electron chi connectivity index (χ1n) is 12.0. The summed E-state index contributed by atoms with van der Waals surface area (Å²) < 4.78 is 2.19. The van der Waals surface area contributed by atoms with Gasteiger partial charge in [-0.3, -0.25) is 4.68 Å². The Kier molecular flexibility index (Phi) is 5.10. The van der Waals surface area contributed by atoms with Gasteiger partial charge in [-0.1, -0.05) is 25.0 Å². The minimum atomic E-state index is 0.464. The zero-order valence-corrected chi connectivity index (χ0v) is 19.3. The summed E-state index contributed by atoms with van der Waals surface area (Å²) in [6.45, 7) is 6.30. The van der Waals surface area contributed by atoms with Gasteiger partial charge in [-0.25, -0.2) is 15.0 Å². The number of rotatable bonds is 4. The van der Waals surface area contributed by atoms with E-state index < -0.39 is 0 Å². The number of benzene rings is 1. The number of piperazine rings is 1. The van der Waals surface area contributed by atoms with Crippen LogP contribution in [-0.2, 0) is 0 Å². The third kappa shape index (κ3) is 3.78. The molecule has 4 aromatic rings. The van der Waals surface area contributed by atoms with E-state index >= 15 is 0 Å². The lowest BCUT2D eigenvalue weighted by Crippen LogP contribution is -2.44. The van der Waals surface area contributed by atoms with Gasteiger partial charge in [0.2, 0.25) is 5.95 Å². The van der Waals surface area contributed by atoms with Crippen LogP contribution in [0.2, 0.25) is 0 Å². The van der Waals surface area contributed by atoms with Crippen LogP contribution in [0.15, 0.2) is 36.7 Å². The SMILES string of the molecule is Cc1nc(Nc2ncc3ccc4cnn(C5CCCC5)c4c3n2)ccc1N1CCN(C)CC1. The number of aryl methyl sites for hydroxylation is 1. The average molecular weight is 443 g/mol. The molecule has 0 spiro atoms. The molecule has 1 aliphatic heterocycles. The van der Waals surface area contributed by atoms with Gasteiger partial charge in [0.1, 0.15) is 11.3 Å². The van der Waals surface area contributed by atoms with Crippen LogP contribution in [0.25, 0.3) is 21.8 Å². The highest BCUT2D eigenvalue weighted by Crippen LogP contribution is 2.34. The van der Waals surface area contributed by atoms with Crippen LogP contribution in [-0.4, -0.2) is 62.9 Å². The van der Waals surface area contributed by atoms with Gasteiger partial charge in [-0.15, -0.1) is 0 Å². The van der Waals surface area contributed by atoms with E-state index in [4.69, 9.17) is 15.1 Å². The third-order valence-corrected chi connectivity index (χ3v) is 7.12. The second-order valence-corrected chi connectivity index (χ2v) is 9.38. The zero-order valence-electron chi connectivity index (χ0n) is 19.3. The van der Waals surface area contributed by atoms with Crippen molar-refractivity contribution in [3.63, 3.8) is 0 Å². The van der Waals surface area contributed by atoms with E-state index in [2.05, 4.69) is 57.0 Å². The maximum atomic E-state index is 4.91. The molecule has 1 aromatic carbocycles. The number of hydrogen-bond acceptors (Lipinski definition) is 7. The Morgan fingerprint density at radius 2 is 1.70 bits per heavy atom. The molecule has 8 nitrogen and oxygen atoms in total. The second kappa shape index (κ2) is 8.26. The molecule has 3 aromatic heterocycles. The monoisotopic (exact) mass is 442 g/mol. The molecule has 4 heterocycles. The lowest BCUT2D eigenvalue weighted by Gasteiger charge is -2.34. The van der Waals surface area contributed by atoms with E-state index in [0.29, 0.717) is 12.0 Å². The summed E-state index contributed by atoms with van der Waals surface area (Å²) in [5, 5.41) is 10.2. The molecule has 1 N–H and O–H groups in total. The highest BCUT2D eigenvalue weighted by molar-refractivity contribution is 6.03. The Labute approximate surface area is 193 Å². The van der Waals surface area contributed by atoms with Crippen molar-refractivity contribution in [2.45, 2.75) is 38.6 Å². The molecule has 2 aliphatic rings. The first kappa shape index (κ1) is 20.4. The van der Waals surface area contributed by atoms with Gasteiger partial charge >= 0.3 is 0 Å². The Bertz CT molecular complexity index is 1300. The molecule has 0 bridgehead atoms. The van der Waals surface area contributed by atoms with Crippen LogP contribution in [0.1, 0.15) is 37.4 Å². The Morgan fingerprint density at radius 3 is 2.48 bits per heavy atom. The van der Waals surface area contributed by atoms with Crippen LogP contribution in [0.4, 0.5) is 17.5 Å². The number of aromatic nitrogens is 5. The number of pyridine rings is 1. The number of fused-ring (bicyclic) bond motifs is 3. The normalized spacial score (nSPS) is 17.9. The largest absolute Gasteiger partial charge is 0.368 e. The lowest BCUT2D eigenvalue weighted by atomic mass is 10.1. The lowest BCUT2D eigenvalue weighted by molar-refractivity contribution is 0.312. The van der Waals surface area contributed by atoms with Crippen molar-refractivity contribution in [3.8, 4) is 0 Å². The van der Waals surface area contributed by atoms with E-state index in [1.807, 2.05) is 18.5 Å². The summed E-state index contributed by atoms with van der Waals surface area (Å²) in [5.41, 5.74) is 4.28. The number of anilines is 3. The summed E-state index contributed by atoms with van der Waals surface area (Å²) in [6.07, 6.45) is 8.77. The molecule has 6 rings (SSSR count). The summed E-state index contributed by atoms with van der Waals surface area (Å²) in [6, 6.07) is 8.84. The van der Waals surface area contributed by atoms with Gasteiger partial charge in [0, 0.05) is 43.1 Å². The Morgan fingerprint density at radius 1 is 0.909 bits per heavy atom. The molecule has 33 heavy (non-hydrogen) atoms. The molecule has 0 unspecified atom stereocenters. The van der Waals surface area contributed by atoms with E-state index in [1.165, 1.54) is 31.4 Å². The number of nitrogens with one attached hydrogen (secondary N) is 1. The van der Waals surface area contributed by atoms with Gasteiger partial charge in [0.15, 0.2) is 0 Å². The molecular formula is C25H30N8. The van der Waals surface area contributed by atoms with E-state index in [9.17, 15) is 0 Å². The van der Waals surface area contributed by atoms with E-state index in [0.717, 1.165) is 59.5 Å². The van der Waals surface area contributed by atoms with Gasteiger partial charge in [-0.2, -0.15) is 5.10 Å². The maximum absolute atomic E-state index is 4.91. The van der Waals surface area contributed by atoms with Gasteiger partial charge < -0.3 is 15.1 Å². The number of hydrogen-bond donors (Lipinski definition) is 1. The molecule has 1 saturated heterocycles. The van der Waals surface area contributed by atoms with Gasteiger partial charge in [-0.05, 0) is 38.9 Å². The first-order valence-corrected chi connectivity index (χ1v) is 12.0. The van der Waals surface area contributed by atoms with Crippen LogP contribution < -0.4 is 10.2 Å². The smallest absolute Gasteiger partial charge is 0.228 e. The van der Waals surface area contributed by atoms with E-state index in [1.54, 1.807) is 0 Å². The van der Waals surface area contributed by atoms with Crippen molar-refractivity contribution < 1.29 is 0 Å². The van der Waals surface area contributed by atoms with Crippen molar-refractivity contribution in [1.29, 1.82) is 0 Å². The zero-order chi connectivity index (χ0) is 22.4. The number of likely N-dealkylation sites (N-methyl/N-ethyl adjacent to an activating group) is 1. The Balaban J connectivity index is 1.31. The fourth-order valence-corrected chi connectivity index (χ4v) is 5.23. The van der Waals surface area contributed by atoms with Crippen molar-refractivity contribution in [2.75, 3.05) is 43.4 Å². The molecule has 0 radical (unpaired) electrons. The van der Waals surface area contributed by atoms with Crippen molar-refractivity contribution in [2.24, 2.45) is 0 Å². The molecule has 2 fully saturated rings. The number of nitrogens with zero attached hydrogens (tertiary/aromatic N) is 7. The highest BCUT2D eigenvalue weighted by atomic mass is 15.3.